The highest BCUT2D eigenvalue weighted by Gasteiger charge is 2.26. The molecular formula is C15H25NOSi. The fourth-order valence-electron chi connectivity index (χ4n) is 2.90. The van der Waals surface area contributed by atoms with E-state index < -0.39 is 8.07 Å². The summed E-state index contributed by atoms with van der Waals surface area (Å²) in [6.45, 7) is 7.66. The van der Waals surface area contributed by atoms with Crippen molar-refractivity contribution in [3.05, 3.63) is 29.8 Å². The van der Waals surface area contributed by atoms with Crippen molar-refractivity contribution in [3.63, 3.8) is 0 Å². The molecule has 0 radical (unpaired) electrons. The van der Waals surface area contributed by atoms with Crippen LogP contribution >= 0.6 is 0 Å². The van der Waals surface area contributed by atoms with Gasteiger partial charge in [-0.1, -0.05) is 30.8 Å². The van der Waals surface area contributed by atoms with Crippen LogP contribution in [-0.4, -0.2) is 39.3 Å². The van der Waals surface area contributed by atoms with Gasteiger partial charge in [0.25, 0.3) is 0 Å². The molecule has 2 rings (SSSR count). The summed E-state index contributed by atoms with van der Waals surface area (Å²) in [5.41, 5.74) is 1.46. The van der Waals surface area contributed by atoms with Crippen LogP contribution in [0.1, 0.15) is 18.4 Å². The second-order valence-electron chi connectivity index (χ2n) is 6.17. The fourth-order valence-corrected chi connectivity index (χ4v) is 5.88. The van der Waals surface area contributed by atoms with Crippen LogP contribution in [0.25, 0.3) is 0 Å². The number of ether oxygens (including phenoxy) is 1. The van der Waals surface area contributed by atoms with E-state index in [9.17, 15) is 0 Å². The summed E-state index contributed by atoms with van der Waals surface area (Å²) >= 11 is 0. The van der Waals surface area contributed by atoms with Crippen LogP contribution in [0.4, 0.5) is 0 Å². The minimum Gasteiger partial charge on any atom is -0.497 e. The van der Waals surface area contributed by atoms with Crippen molar-refractivity contribution in [2.45, 2.75) is 32.0 Å². The molecule has 1 saturated heterocycles. The predicted molar refractivity (Wildman–Crippen MR) is 79.9 cm³/mol. The molecule has 0 unspecified atom stereocenters. The van der Waals surface area contributed by atoms with Crippen LogP contribution in [-0.2, 0) is 6.04 Å². The molecule has 0 N–H and O–H groups in total. The molecule has 1 aliphatic heterocycles. The standard InChI is InChI=1S/C15H25NOSi/c1-17-15-8-6-14(7-9-15)12-18(2,3)13-16-10-4-5-11-16/h6-9H,4-5,10-13H2,1-3H3. The van der Waals surface area contributed by atoms with Gasteiger partial charge >= 0.3 is 0 Å². The zero-order valence-corrected chi connectivity index (χ0v) is 12.9. The molecule has 1 aliphatic rings. The minimum absolute atomic E-state index is 0.956. The lowest BCUT2D eigenvalue weighted by Gasteiger charge is -2.28. The lowest BCUT2D eigenvalue weighted by molar-refractivity contribution is 0.388. The maximum Gasteiger partial charge on any atom is 0.118 e. The maximum absolute atomic E-state index is 5.21. The van der Waals surface area contributed by atoms with E-state index >= 15 is 0 Å². The first-order chi connectivity index (χ1) is 8.59. The number of methoxy groups -OCH3 is 1. The molecule has 3 heteroatoms. The third-order valence-electron chi connectivity index (χ3n) is 3.69. The zero-order chi connectivity index (χ0) is 13.0. The Morgan fingerprint density at radius 1 is 1.11 bits per heavy atom. The highest BCUT2D eigenvalue weighted by molar-refractivity contribution is 6.77. The van der Waals surface area contributed by atoms with Gasteiger partial charge in [-0.25, -0.2) is 0 Å². The molecule has 1 fully saturated rings. The quantitative estimate of drug-likeness (QED) is 0.757. The number of hydrogen-bond donors (Lipinski definition) is 0. The van der Waals surface area contributed by atoms with E-state index in [-0.39, 0.29) is 0 Å². The van der Waals surface area contributed by atoms with Gasteiger partial charge < -0.3 is 9.64 Å². The summed E-state index contributed by atoms with van der Waals surface area (Å²) < 4.78 is 5.21. The summed E-state index contributed by atoms with van der Waals surface area (Å²) in [5, 5.41) is 0. The molecule has 0 aromatic heterocycles. The van der Waals surface area contributed by atoms with E-state index in [1.54, 1.807) is 7.11 Å². The molecule has 0 bridgehead atoms. The van der Waals surface area contributed by atoms with Crippen LogP contribution in [0.3, 0.4) is 0 Å². The first kappa shape index (κ1) is 13.6. The minimum atomic E-state index is -1.15. The Hall–Kier alpha value is -0.803. The van der Waals surface area contributed by atoms with Crippen molar-refractivity contribution < 1.29 is 4.74 Å². The summed E-state index contributed by atoms with van der Waals surface area (Å²) in [5.74, 6) is 0.956. The molecule has 0 amide bonds. The predicted octanol–water partition coefficient (Wildman–Crippen LogP) is 3.12. The Bertz CT molecular complexity index is 369. The van der Waals surface area contributed by atoms with Gasteiger partial charge in [0.05, 0.1) is 15.2 Å². The Labute approximate surface area is 112 Å². The van der Waals surface area contributed by atoms with Crippen LogP contribution < -0.4 is 4.74 Å². The van der Waals surface area contributed by atoms with Gasteiger partial charge in [0.2, 0.25) is 0 Å². The Kier molecular flexibility index (Phi) is 4.46. The second-order valence-corrected chi connectivity index (χ2v) is 11.2. The fraction of sp³-hybridized carbons (Fsp3) is 0.600. The Morgan fingerprint density at radius 2 is 1.72 bits per heavy atom. The highest BCUT2D eigenvalue weighted by Crippen LogP contribution is 2.19. The summed E-state index contributed by atoms with van der Waals surface area (Å²) in [7, 11) is 0.572. The van der Waals surface area contributed by atoms with Gasteiger partial charge in [0.15, 0.2) is 0 Å². The smallest absolute Gasteiger partial charge is 0.118 e. The van der Waals surface area contributed by atoms with Crippen molar-refractivity contribution in [2.24, 2.45) is 0 Å². The second kappa shape index (κ2) is 5.89. The van der Waals surface area contributed by atoms with Gasteiger partial charge in [-0.05, 0) is 50.3 Å². The van der Waals surface area contributed by atoms with Crippen molar-refractivity contribution in [1.29, 1.82) is 0 Å². The molecule has 0 atom stereocenters. The van der Waals surface area contributed by atoms with Gasteiger partial charge in [-0.15, -0.1) is 0 Å². The van der Waals surface area contributed by atoms with Crippen LogP contribution in [0.15, 0.2) is 24.3 Å². The van der Waals surface area contributed by atoms with Crippen LogP contribution in [0, 0.1) is 0 Å². The first-order valence-electron chi connectivity index (χ1n) is 6.94. The van der Waals surface area contributed by atoms with Crippen LogP contribution in [0.5, 0.6) is 5.75 Å². The van der Waals surface area contributed by atoms with Crippen molar-refractivity contribution in [2.75, 3.05) is 26.4 Å². The summed E-state index contributed by atoms with van der Waals surface area (Å²) in [6, 6.07) is 9.87. The van der Waals surface area contributed by atoms with E-state index in [1.807, 2.05) is 0 Å². The van der Waals surface area contributed by atoms with Crippen molar-refractivity contribution in [1.82, 2.24) is 4.90 Å². The maximum atomic E-state index is 5.21. The highest BCUT2D eigenvalue weighted by atomic mass is 28.3. The molecule has 18 heavy (non-hydrogen) atoms. The molecule has 100 valence electrons. The number of rotatable bonds is 5. The Balaban J connectivity index is 1.92. The van der Waals surface area contributed by atoms with Gasteiger partial charge in [-0.2, -0.15) is 0 Å². The molecule has 1 heterocycles. The third kappa shape index (κ3) is 3.85. The van der Waals surface area contributed by atoms with E-state index in [1.165, 1.54) is 43.7 Å². The summed E-state index contributed by atoms with van der Waals surface area (Å²) in [6.07, 6.45) is 4.14. The zero-order valence-electron chi connectivity index (χ0n) is 11.9. The molecular weight excluding hydrogens is 238 g/mol. The molecule has 0 saturated carbocycles. The molecule has 1 aromatic rings. The number of benzene rings is 1. The van der Waals surface area contributed by atoms with E-state index in [0.29, 0.717) is 0 Å². The SMILES string of the molecule is COc1ccc(C[Si](C)(C)CN2CCCC2)cc1. The molecule has 0 aliphatic carbocycles. The normalized spacial score (nSPS) is 17.1. The van der Waals surface area contributed by atoms with Crippen molar-refractivity contribution >= 4 is 8.07 Å². The van der Waals surface area contributed by atoms with E-state index in [2.05, 4.69) is 42.3 Å². The average molecular weight is 263 g/mol. The van der Waals surface area contributed by atoms with E-state index in [4.69, 9.17) is 4.74 Å². The Morgan fingerprint density at radius 3 is 2.28 bits per heavy atom. The molecule has 1 aromatic carbocycles. The van der Waals surface area contributed by atoms with Gasteiger partial charge in [0.1, 0.15) is 5.75 Å². The van der Waals surface area contributed by atoms with Crippen LogP contribution in [0.2, 0.25) is 13.1 Å². The van der Waals surface area contributed by atoms with Crippen molar-refractivity contribution in [3.8, 4) is 5.75 Å². The topological polar surface area (TPSA) is 12.5 Å². The van der Waals surface area contributed by atoms with Gasteiger partial charge in [-0.3, -0.25) is 0 Å². The molecule has 0 spiro atoms. The average Bonchev–Trinajstić information content (AvgIpc) is 2.81. The lowest BCUT2D eigenvalue weighted by Crippen LogP contribution is -2.43. The van der Waals surface area contributed by atoms with E-state index in [0.717, 1.165) is 5.75 Å². The monoisotopic (exact) mass is 263 g/mol. The first-order valence-corrected chi connectivity index (χ1v) is 10.4. The largest absolute Gasteiger partial charge is 0.497 e. The lowest BCUT2D eigenvalue weighted by atomic mass is 10.2. The number of nitrogens with zero attached hydrogens (tertiary/aromatic N) is 1. The molecule has 2 nitrogen and oxygen atoms in total. The third-order valence-corrected chi connectivity index (χ3v) is 6.36. The number of hydrogen-bond acceptors (Lipinski definition) is 2. The number of likely N-dealkylation sites (tertiary alicyclic amines) is 1. The van der Waals surface area contributed by atoms with Gasteiger partial charge in [0, 0.05) is 0 Å². The summed E-state index contributed by atoms with van der Waals surface area (Å²) in [4.78, 5) is 2.66.